The van der Waals surface area contributed by atoms with Gasteiger partial charge in [-0.1, -0.05) is 42.5 Å². The SMILES string of the molecule is CCOC(=O)C[C@@H](NCc1ccc(OCC2CC2)cc1)c1ccccc1. The molecule has 138 valence electrons. The third-order valence-electron chi connectivity index (χ3n) is 4.54. The van der Waals surface area contributed by atoms with Crippen LogP contribution >= 0.6 is 0 Å². The summed E-state index contributed by atoms with van der Waals surface area (Å²) in [6.07, 6.45) is 2.91. The van der Waals surface area contributed by atoms with E-state index in [1.54, 1.807) is 0 Å². The molecule has 1 atom stereocenters. The summed E-state index contributed by atoms with van der Waals surface area (Å²) in [5, 5.41) is 3.48. The first-order valence-corrected chi connectivity index (χ1v) is 9.40. The summed E-state index contributed by atoms with van der Waals surface area (Å²) in [6.45, 7) is 3.74. The van der Waals surface area contributed by atoms with Crippen molar-refractivity contribution in [3.63, 3.8) is 0 Å². The fraction of sp³-hybridized carbons (Fsp3) is 0.409. The van der Waals surface area contributed by atoms with E-state index in [0.717, 1.165) is 29.4 Å². The van der Waals surface area contributed by atoms with E-state index in [1.165, 1.54) is 12.8 Å². The van der Waals surface area contributed by atoms with Crippen LogP contribution in [0.3, 0.4) is 0 Å². The molecule has 2 aromatic rings. The lowest BCUT2D eigenvalue weighted by atomic mass is 10.0. The molecule has 26 heavy (non-hydrogen) atoms. The number of esters is 1. The zero-order chi connectivity index (χ0) is 18.2. The molecule has 1 aliphatic rings. The van der Waals surface area contributed by atoms with Gasteiger partial charge in [-0.25, -0.2) is 0 Å². The Morgan fingerprint density at radius 3 is 2.50 bits per heavy atom. The van der Waals surface area contributed by atoms with Crippen LogP contribution in [0.1, 0.15) is 43.4 Å². The summed E-state index contributed by atoms with van der Waals surface area (Å²) >= 11 is 0. The summed E-state index contributed by atoms with van der Waals surface area (Å²) in [4.78, 5) is 11.9. The average molecular weight is 353 g/mol. The van der Waals surface area contributed by atoms with Crippen LogP contribution in [0, 0.1) is 5.92 Å². The van der Waals surface area contributed by atoms with E-state index in [2.05, 4.69) is 17.4 Å². The van der Waals surface area contributed by atoms with Crippen LogP contribution in [-0.4, -0.2) is 19.2 Å². The number of rotatable bonds is 10. The topological polar surface area (TPSA) is 47.6 Å². The van der Waals surface area contributed by atoms with E-state index in [9.17, 15) is 4.79 Å². The van der Waals surface area contributed by atoms with Gasteiger partial charge in [-0.05, 0) is 48.9 Å². The minimum absolute atomic E-state index is 0.0685. The molecule has 3 rings (SSSR count). The molecule has 1 aliphatic carbocycles. The quantitative estimate of drug-likeness (QED) is 0.648. The Morgan fingerprint density at radius 1 is 1.12 bits per heavy atom. The van der Waals surface area contributed by atoms with Crippen LogP contribution in [0.2, 0.25) is 0 Å². The highest BCUT2D eigenvalue weighted by atomic mass is 16.5. The Morgan fingerprint density at radius 2 is 1.85 bits per heavy atom. The highest BCUT2D eigenvalue weighted by Gasteiger charge is 2.21. The van der Waals surface area contributed by atoms with Gasteiger partial charge in [0.2, 0.25) is 0 Å². The first-order chi connectivity index (χ1) is 12.7. The summed E-state index contributed by atoms with van der Waals surface area (Å²) in [7, 11) is 0. The van der Waals surface area contributed by atoms with Gasteiger partial charge in [-0.15, -0.1) is 0 Å². The summed E-state index contributed by atoms with van der Waals surface area (Å²) in [5.41, 5.74) is 2.25. The fourth-order valence-corrected chi connectivity index (χ4v) is 2.82. The van der Waals surface area contributed by atoms with Crippen LogP contribution in [0.15, 0.2) is 54.6 Å². The van der Waals surface area contributed by atoms with E-state index >= 15 is 0 Å². The molecule has 0 unspecified atom stereocenters. The van der Waals surface area contributed by atoms with Gasteiger partial charge in [-0.2, -0.15) is 0 Å². The zero-order valence-electron chi connectivity index (χ0n) is 15.3. The third-order valence-corrected chi connectivity index (χ3v) is 4.54. The Hall–Kier alpha value is -2.33. The van der Waals surface area contributed by atoms with Crippen LogP contribution in [-0.2, 0) is 16.1 Å². The van der Waals surface area contributed by atoms with Crippen molar-refractivity contribution in [1.82, 2.24) is 5.32 Å². The van der Waals surface area contributed by atoms with Crippen LogP contribution < -0.4 is 10.1 Å². The van der Waals surface area contributed by atoms with E-state index in [4.69, 9.17) is 9.47 Å². The van der Waals surface area contributed by atoms with Gasteiger partial charge in [0.15, 0.2) is 0 Å². The standard InChI is InChI=1S/C22H27NO3/c1-2-25-22(24)14-21(19-6-4-3-5-7-19)23-15-17-10-12-20(13-11-17)26-16-18-8-9-18/h3-7,10-13,18,21,23H,2,8-9,14-16H2,1H3/t21-/m1/s1. The maximum Gasteiger partial charge on any atom is 0.307 e. The lowest BCUT2D eigenvalue weighted by Crippen LogP contribution is -2.24. The van der Waals surface area contributed by atoms with Crippen LogP contribution in [0.25, 0.3) is 0 Å². The molecule has 4 nitrogen and oxygen atoms in total. The monoisotopic (exact) mass is 353 g/mol. The van der Waals surface area contributed by atoms with E-state index < -0.39 is 0 Å². The van der Waals surface area contributed by atoms with Gasteiger partial charge in [0, 0.05) is 12.6 Å². The Bertz CT molecular complexity index is 680. The first kappa shape index (κ1) is 18.5. The second-order valence-electron chi connectivity index (χ2n) is 6.75. The molecule has 0 aromatic heterocycles. The van der Waals surface area contributed by atoms with Gasteiger partial charge in [0.1, 0.15) is 5.75 Å². The molecular weight excluding hydrogens is 326 g/mol. The maximum absolute atomic E-state index is 11.9. The molecule has 0 saturated heterocycles. The largest absolute Gasteiger partial charge is 0.493 e. The predicted molar refractivity (Wildman–Crippen MR) is 102 cm³/mol. The number of carbonyl (C=O) groups is 1. The second-order valence-corrected chi connectivity index (χ2v) is 6.75. The molecule has 0 spiro atoms. The molecule has 1 saturated carbocycles. The van der Waals surface area contributed by atoms with E-state index in [-0.39, 0.29) is 12.0 Å². The summed E-state index contributed by atoms with van der Waals surface area (Å²) in [6, 6.07) is 18.1. The molecule has 0 aliphatic heterocycles. The maximum atomic E-state index is 11.9. The van der Waals surface area contributed by atoms with Crippen molar-refractivity contribution >= 4 is 5.97 Å². The second kappa shape index (κ2) is 9.39. The van der Waals surface area contributed by atoms with Crippen molar-refractivity contribution in [3.05, 3.63) is 65.7 Å². The Labute approximate surface area is 155 Å². The first-order valence-electron chi connectivity index (χ1n) is 9.40. The van der Waals surface area contributed by atoms with Crippen LogP contribution in [0.5, 0.6) is 5.75 Å². The molecule has 2 aromatic carbocycles. The fourth-order valence-electron chi connectivity index (χ4n) is 2.82. The number of hydrogen-bond donors (Lipinski definition) is 1. The molecule has 0 bridgehead atoms. The lowest BCUT2D eigenvalue weighted by Gasteiger charge is -2.19. The lowest BCUT2D eigenvalue weighted by molar-refractivity contribution is -0.143. The molecule has 0 radical (unpaired) electrons. The van der Waals surface area contributed by atoms with E-state index in [1.807, 2.05) is 49.4 Å². The highest BCUT2D eigenvalue weighted by Crippen LogP contribution is 2.29. The summed E-state index contributed by atoms with van der Waals surface area (Å²) < 4.78 is 10.9. The minimum Gasteiger partial charge on any atom is -0.493 e. The van der Waals surface area contributed by atoms with Crippen molar-refractivity contribution in [1.29, 1.82) is 0 Å². The van der Waals surface area contributed by atoms with Gasteiger partial charge < -0.3 is 14.8 Å². The smallest absolute Gasteiger partial charge is 0.307 e. The van der Waals surface area contributed by atoms with Crippen LogP contribution in [0.4, 0.5) is 0 Å². The van der Waals surface area contributed by atoms with Crippen molar-refractivity contribution in [2.24, 2.45) is 5.92 Å². The van der Waals surface area contributed by atoms with Gasteiger partial charge in [0.05, 0.1) is 19.6 Å². The average Bonchev–Trinajstić information content (AvgIpc) is 3.50. The van der Waals surface area contributed by atoms with E-state index in [0.29, 0.717) is 19.6 Å². The van der Waals surface area contributed by atoms with Gasteiger partial charge >= 0.3 is 5.97 Å². The van der Waals surface area contributed by atoms with Crippen molar-refractivity contribution in [3.8, 4) is 5.75 Å². The molecular formula is C22H27NO3. The zero-order valence-corrected chi connectivity index (χ0v) is 15.3. The number of benzene rings is 2. The van der Waals surface area contributed by atoms with Crippen molar-refractivity contribution < 1.29 is 14.3 Å². The molecule has 0 heterocycles. The van der Waals surface area contributed by atoms with Gasteiger partial charge in [0.25, 0.3) is 0 Å². The number of hydrogen-bond acceptors (Lipinski definition) is 4. The van der Waals surface area contributed by atoms with Gasteiger partial charge in [-0.3, -0.25) is 4.79 Å². The van der Waals surface area contributed by atoms with Crippen molar-refractivity contribution in [2.45, 2.75) is 38.8 Å². The normalized spacial score (nSPS) is 14.7. The number of nitrogens with one attached hydrogen (secondary N) is 1. The molecule has 1 N–H and O–H groups in total. The predicted octanol–water partition coefficient (Wildman–Crippen LogP) is 4.26. The summed E-state index contributed by atoms with van der Waals surface area (Å²) in [5.74, 6) is 1.50. The third kappa shape index (κ3) is 5.88. The van der Waals surface area contributed by atoms with Crippen molar-refractivity contribution in [2.75, 3.05) is 13.2 Å². The Balaban J connectivity index is 1.56. The Kier molecular flexibility index (Phi) is 6.67. The minimum atomic E-state index is -0.183. The molecule has 0 amide bonds. The number of carbonyl (C=O) groups excluding carboxylic acids is 1. The molecule has 1 fully saturated rings. The highest BCUT2D eigenvalue weighted by molar-refractivity contribution is 5.70. The number of ether oxygens (including phenoxy) is 2. The molecule has 4 heteroatoms.